The standard InChI is InChI=1S/C17H22ClN3O2S/c1-3-21(4-2)17(15-9-5-6-10-16(15)18)13-20-24(22,23)14-8-7-11-19-12-14/h5-12,17,20H,3-4,13H2,1-2H3. The van der Waals surface area contributed by atoms with Crippen LogP contribution >= 0.6 is 11.6 Å². The van der Waals surface area contributed by atoms with Gasteiger partial charge >= 0.3 is 0 Å². The lowest BCUT2D eigenvalue weighted by molar-refractivity contribution is 0.220. The van der Waals surface area contributed by atoms with Gasteiger partial charge in [-0.2, -0.15) is 0 Å². The molecule has 0 spiro atoms. The number of sulfonamides is 1. The van der Waals surface area contributed by atoms with Gasteiger partial charge in [0.2, 0.25) is 10.0 Å². The molecule has 5 nitrogen and oxygen atoms in total. The Kier molecular flexibility index (Phi) is 6.74. The van der Waals surface area contributed by atoms with Gasteiger partial charge in [-0.15, -0.1) is 0 Å². The topological polar surface area (TPSA) is 62.3 Å². The summed E-state index contributed by atoms with van der Waals surface area (Å²) in [7, 11) is -3.61. The number of likely N-dealkylation sites (N-methyl/N-ethyl adjacent to an activating group) is 1. The van der Waals surface area contributed by atoms with Gasteiger partial charge in [0.1, 0.15) is 4.90 Å². The van der Waals surface area contributed by atoms with Crippen molar-refractivity contribution < 1.29 is 8.42 Å². The van der Waals surface area contributed by atoms with Crippen LogP contribution in [0.4, 0.5) is 0 Å². The zero-order valence-electron chi connectivity index (χ0n) is 13.8. The molecule has 2 aromatic rings. The normalized spacial score (nSPS) is 13.2. The maximum absolute atomic E-state index is 12.4. The molecule has 0 aliphatic rings. The summed E-state index contributed by atoms with van der Waals surface area (Å²) in [6.45, 7) is 5.91. The highest BCUT2D eigenvalue weighted by atomic mass is 35.5. The smallest absolute Gasteiger partial charge is 0.242 e. The Hall–Kier alpha value is -1.47. The van der Waals surface area contributed by atoms with Gasteiger partial charge in [0.15, 0.2) is 0 Å². The first-order valence-electron chi connectivity index (χ1n) is 7.87. The van der Waals surface area contributed by atoms with Gasteiger partial charge in [-0.05, 0) is 36.9 Å². The Labute approximate surface area is 148 Å². The van der Waals surface area contributed by atoms with E-state index >= 15 is 0 Å². The van der Waals surface area contributed by atoms with Crippen molar-refractivity contribution in [3.05, 3.63) is 59.4 Å². The summed E-state index contributed by atoms with van der Waals surface area (Å²) in [6, 6.07) is 10.5. The molecule has 1 heterocycles. The van der Waals surface area contributed by atoms with Crippen molar-refractivity contribution in [3.63, 3.8) is 0 Å². The molecule has 0 aliphatic heterocycles. The van der Waals surface area contributed by atoms with Crippen molar-refractivity contribution in [1.82, 2.24) is 14.6 Å². The van der Waals surface area contributed by atoms with Crippen molar-refractivity contribution in [2.45, 2.75) is 24.8 Å². The van der Waals surface area contributed by atoms with E-state index in [-0.39, 0.29) is 17.5 Å². The largest absolute Gasteiger partial charge is 0.296 e. The molecule has 0 saturated carbocycles. The number of hydrogen-bond donors (Lipinski definition) is 1. The van der Waals surface area contributed by atoms with E-state index in [2.05, 4.69) is 14.6 Å². The lowest BCUT2D eigenvalue weighted by Crippen LogP contribution is -2.38. The molecule has 0 bridgehead atoms. The summed E-state index contributed by atoms with van der Waals surface area (Å²) in [4.78, 5) is 6.20. The quantitative estimate of drug-likeness (QED) is 0.778. The van der Waals surface area contributed by atoms with E-state index in [1.54, 1.807) is 12.3 Å². The van der Waals surface area contributed by atoms with Crippen LogP contribution in [0.15, 0.2) is 53.7 Å². The third-order valence-corrected chi connectivity index (χ3v) is 5.68. The summed E-state index contributed by atoms with van der Waals surface area (Å²) >= 11 is 6.33. The molecule has 24 heavy (non-hydrogen) atoms. The SMILES string of the molecule is CCN(CC)C(CNS(=O)(=O)c1cccnc1)c1ccccc1Cl. The summed E-state index contributed by atoms with van der Waals surface area (Å²) in [5.74, 6) is 0. The predicted octanol–water partition coefficient (Wildman–Crippen LogP) is 3.10. The van der Waals surface area contributed by atoms with E-state index in [0.29, 0.717) is 5.02 Å². The Balaban J connectivity index is 2.25. The molecule has 1 unspecified atom stereocenters. The Bertz CT molecular complexity index is 749. The van der Waals surface area contributed by atoms with Gasteiger partial charge in [0.25, 0.3) is 0 Å². The van der Waals surface area contributed by atoms with Gasteiger partial charge in [-0.3, -0.25) is 9.88 Å². The molecule has 2 rings (SSSR count). The second-order valence-corrected chi connectivity index (χ2v) is 7.47. The molecule has 1 atom stereocenters. The van der Waals surface area contributed by atoms with Gasteiger partial charge in [-0.25, -0.2) is 13.1 Å². The first-order valence-corrected chi connectivity index (χ1v) is 9.73. The average molecular weight is 368 g/mol. The fourth-order valence-corrected chi connectivity index (χ4v) is 3.89. The highest BCUT2D eigenvalue weighted by molar-refractivity contribution is 7.89. The molecule has 0 aliphatic carbocycles. The van der Waals surface area contributed by atoms with Crippen LogP contribution in [0.2, 0.25) is 5.02 Å². The Morgan fingerprint density at radius 2 is 1.88 bits per heavy atom. The first kappa shape index (κ1) is 18.9. The molecule has 130 valence electrons. The molecule has 7 heteroatoms. The summed E-state index contributed by atoms with van der Waals surface area (Å²) < 4.78 is 27.6. The number of nitrogens with one attached hydrogen (secondary N) is 1. The van der Waals surface area contributed by atoms with Gasteiger partial charge in [0, 0.05) is 30.0 Å². The number of aromatic nitrogens is 1. The average Bonchev–Trinajstić information content (AvgIpc) is 2.60. The Morgan fingerprint density at radius 3 is 2.46 bits per heavy atom. The van der Waals surface area contributed by atoms with Crippen molar-refractivity contribution in [1.29, 1.82) is 0 Å². The number of rotatable bonds is 8. The monoisotopic (exact) mass is 367 g/mol. The van der Waals surface area contributed by atoms with E-state index in [1.165, 1.54) is 12.3 Å². The highest BCUT2D eigenvalue weighted by Gasteiger charge is 2.23. The minimum Gasteiger partial charge on any atom is -0.296 e. The highest BCUT2D eigenvalue weighted by Crippen LogP contribution is 2.27. The van der Waals surface area contributed by atoms with E-state index in [1.807, 2.05) is 38.1 Å². The third kappa shape index (κ3) is 4.54. The number of halogens is 1. The van der Waals surface area contributed by atoms with Crippen molar-refractivity contribution in [3.8, 4) is 0 Å². The minimum absolute atomic E-state index is 0.139. The van der Waals surface area contributed by atoms with Crippen LogP contribution in [-0.2, 0) is 10.0 Å². The van der Waals surface area contributed by atoms with Crippen LogP contribution in [0.1, 0.15) is 25.5 Å². The molecule has 0 amide bonds. The molecule has 0 fully saturated rings. The van der Waals surface area contributed by atoms with Crippen molar-refractivity contribution >= 4 is 21.6 Å². The zero-order chi connectivity index (χ0) is 17.6. The lowest BCUT2D eigenvalue weighted by atomic mass is 10.1. The van der Waals surface area contributed by atoms with Crippen LogP contribution < -0.4 is 4.72 Å². The number of hydrogen-bond acceptors (Lipinski definition) is 4. The number of benzene rings is 1. The minimum atomic E-state index is -3.61. The molecule has 0 saturated heterocycles. The second-order valence-electron chi connectivity index (χ2n) is 5.30. The van der Waals surface area contributed by atoms with Crippen LogP contribution in [0.5, 0.6) is 0 Å². The summed E-state index contributed by atoms with van der Waals surface area (Å²) in [6.07, 6.45) is 2.88. The van der Waals surface area contributed by atoms with E-state index < -0.39 is 10.0 Å². The first-order chi connectivity index (χ1) is 11.5. The fourth-order valence-electron chi connectivity index (χ4n) is 2.62. The molecule has 1 N–H and O–H groups in total. The van der Waals surface area contributed by atoms with Crippen molar-refractivity contribution in [2.24, 2.45) is 0 Å². The van der Waals surface area contributed by atoms with Crippen LogP contribution in [0.25, 0.3) is 0 Å². The number of pyridine rings is 1. The van der Waals surface area contributed by atoms with Gasteiger partial charge in [-0.1, -0.05) is 43.6 Å². The second kappa shape index (κ2) is 8.58. The van der Waals surface area contributed by atoms with Crippen LogP contribution in [0.3, 0.4) is 0 Å². The zero-order valence-corrected chi connectivity index (χ0v) is 15.4. The van der Waals surface area contributed by atoms with E-state index in [0.717, 1.165) is 18.7 Å². The van der Waals surface area contributed by atoms with Gasteiger partial charge in [0.05, 0.1) is 0 Å². The summed E-state index contributed by atoms with van der Waals surface area (Å²) in [5, 5.41) is 0.634. The fraction of sp³-hybridized carbons (Fsp3) is 0.353. The maximum Gasteiger partial charge on any atom is 0.242 e. The third-order valence-electron chi connectivity index (χ3n) is 3.93. The van der Waals surface area contributed by atoms with Crippen LogP contribution in [-0.4, -0.2) is 37.9 Å². The number of nitrogens with zero attached hydrogens (tertiary/aromatic N) is 2. The molecular formula is C17H22ClN3O2S. The Morgan fingerprint density at radius 1 is 1.17 bits per heavy atom. The predicted molar refractivity (Wildman–Crippen MR) is 96.5 cm³/mol. The lowest BCUT2D eigenvalue weighted by Gasteiger charge is -2.30. The van der Waals surface area contributed by atoms with E-state index in [4.69, 9.17) is 11.6 Å². The van der Waals surface area contributed by atoms with E-state index in [9.17, 15) is 8.42 Å². The molecule has 1 aromatic carbocycles. The van der Waals surface area contributed by atoms with Gasteiger partial charge < -0.3 is 0 Å². The molecule has 0 radical (unpaired) electrons. The molecular weight excluding hydrogens is 346 g/mol. The van der Waals surface area contributed by atoms with Crippen LogP contribution in [0, 0.1) is 0 Å². The summed E-state index contributed by atoms with van der Waals surface area (Å²) in [5.41, 5.74) is 0.914. The maximum atomic E-state index is 12.4. The molecule has 1 aromatic heterocycles. The van der Waals surface area contributed by atoms with Crippen molar-refractivity contribution in [2.75, 3.05) is 19.6 Å².